The fraction of sp³-hybridized carbons (Fsp3) is 0.964. The molecular formula is C28H56O4. The molecule has 0 aromatic carbocycles. The number of aliphatic hydroxyl groups is 1. The summed E-state index contributed by atoms with van der Waals surface area (Å²) in [5.74, 6) is -0.146. The van der Waals surface area contributed by atoms with E-state index >= 15 is 0 Å². The van der Waals surface area contributed by atoms with E-state index in [0.717, 1.165) is 25.7 Å². The van der Waals surface area contributed by atoms with Gasteiger partial charge in [-0.25, -0.2) is 0 Å². The van der Waals surface area contributed by atoms with Crippen LogP contribution in [0.3, 0.4) is 0 Å². The number of carbonyl (C=O) groups is 1. The summed E-state index contributed by atoms with van der Waals surface area (Å²) in [4.78, 5) is 11.9. The summed E-state index contributed by atoms with van der Waals surface area (Å²) in [7, 11) is 0. The summed E-state index contributed by atoms with van der Waals surface area (Å²) < 4.78 is 10.9. The van der Waals surface area contributed by atoms with Gasteiger partial charge in [0, 0.05) is 6.42 Å². The SMILES string of the molecule is CCCCCCCCCCCCC(O)O[C@@H](C)COC(=O)CCCCCCCCCCC. The van der Waals surface area contributed by atoms with Crippen molar-refractivity contribution in [1.29, 1.82) is 0 Å². The maximum atomic E-state index is 11.9. The van der Waals surface area contributed by atoms with E-state index in [1.165, 1.54) is 96.3 Å². The lowest BCUT2D eigenvalue weighted by atomic mass is 10.1. The zero-order chi connectivity index (χ0) is 23.7. The quantitative estimate of drug-likeness (QED) is 0.0850. The van der Waals surface area contributed by atoms with E-state index in [9.17, 15) is 9.90 Å². The van der Waals surface area contributed by atoms with Gasteiger partial charge in [-0.3, -0.25) is 4.79 Å². The molecule has 0 amide bonds. The predicted molar refractivity (Wildman–Crippen MR) is 136 cm³/mol. The second-order valence-corrected chi connectivity index (χ2v) is 9.63. The highest BCUT2D eigenvalue weighted by Crippen LogP contribution is 2.14. The predicted octanol–water partition coefficient (Wildman–Crippen LogP) is 8.49. The Hall–Kier alpha value is -0.610. The van der Waals surface area contributed by atoms with Gasteiger partial charge in [-0.2, -0.15) is 0 Å². The van der Waals surface area contributed by atoms with Gasteiger partial charge >= 0.3 is 5.97 Å². The van der Waals surface area contributed by atoms with Crippen LogP contribution < -0.4 is 0 Å². The first-order valence-electron chi connectivity index (χ1n) is 14.1. The second kappa shape index (κ2) is 25.0. The average molecular weight is 457 g/mol. The van der Waals surface area contributed by atoms with Crippen molar-refractivity contribution >= 4 is 5.97 Å². The molecule has 2 atom stereocenters. The van der Waals surface area contributed by atoms with E-state index in [1.54, 1.807) is 0 Å². The van der Waals surface area contributed by atoms with Gasteiger partial charge in [-0.15, -0.1) is 0 Å². The normalized spacial score (nSPS) is 13.2. The van der Waals surface area contributed by atoms with Crippen molar-refractivity contribution in [3.05, 3.63) is 0 Å². The molecular weight excluding hydrogens is 400 g/mol. The van der Waals surface area contributed by atoms with Crippen molar-refractivity contribution < 1.29 is 19.4 Å². The minimum Gasteiger partial charge on any atom is -0.463 e. The standard InChI is InChI=1S/C28H56O4/c1-4-6-8-10-12-14-16-18-20-22-24-28(30)32-26(3)25-31-27(29)23-21-19-17-15-13-11-9-7-5-2/h26,28,30H,4-25H2,1-3H3/t26-,28?/m0/s1. The minimum absolute atomic E-state index is 0.146. The molecule has 0 aliphatic carbocycles. The second-order valence-electron chi connectivity index (χ2n) is 9.63. The van der Waals surface area contributed by atoms with E-state index in [-0.39, 0.29) is 18.7 Å². The highest BCUT2D eigenvalue weighted by molar-refractivity contribution is 5.69. The Labute approximate surface area is 200 Å². The van der Waals surface area contributed by atoms with Gasteiger partial charge in [0.25, 0.3) is 0 Å². The third-order valence-corrected chi connectivity index (χ3v) is 6.16. The summed E-state index contributed by atoms with van der Waals surface area (Å²) in [6, 6.07) is 0. The number of aliphatic hydroxyl groups excluding tert-OH is 1. The van der Waals surface area contributed by atoms with Crippen LogP contribution in [0.2, 0.25) is 0 Å². The van der Waals surface area contributed by atoms with Crippen LogP contribution in [0.1, 0.15) is 156 Å². The molecule has 0 radical (unpaired) electrons. The molecule has 1 N–H and O–H groups in total. The largest absolute Gasteiger partial charge is 0.463 e. The first kappa shape index (κ1) is 31.4. The molecule has 0 heterocycles. The summed E-state index contributed by atoms with van der Waals surface area (Å²) in [6.45, 7) is 6.58. The molecule has 0 fully saturated rings. The first-order valence-corrected chi connectivity index (χ1v) is 14.1. The fourth-order valence-electron chi connectivity index (χ4n) is 4.04. The monoisotopic (exact) mass is 456 g/mol. The Balaban J connectivity index is 3.44. The summed E-state index contributed by atoms with van der Waals surface area (Å²) >= 11 is 0. The topological polar surface area (TPSA) is 55.8 Å². The molecule has 0 aliphatic rings. The van der Waals surface area contributed by atoms with Crippen molar-refractivity contribution in [3.8, 4) is 0 Å². The fourth-order valence-corrected chi connectivity index (χ4v) is 4.04. The molecule has 0 saturated carbocycles. The van der Waals surface area contributed by atoms with Crippen molar-refractivity contribution in [3.63, 3.8) is 0 Å². The summed E-state index contributed by atoms with van der Waals surface area (Å²) in [5, 5.41) is 10.0. The molecule has 0 aromatic heterocycles. The van der Waals surface area contributed by atoms with Crippen LogP contribution in [0, 0.1) is 0 Å². The van der Waals surface area contributed by atoms with E-state index in [4.69, 9.17) is 9.47 Å². The van der Waals surface area contributed by atoms with Crippen LogP contribution in [0.4, 0.5) is 0 Å². The van der Waals surface area contributed by atoms with Crippen LogP contribution in [0.25, 0.3) is 0 Å². The molecule has 0 spiro atoms. The average Bonchev–Trinajstić information content (AvgIpc) is 2.77. The number of carbonyl (C=O) groups excluding carboxylic acids is 1. The van der Waals surface area contributed by atoms with E-state index in [1.807, 2.05) is 6.92 Å². The Morgan fingerprint density at radius 2 is 1.06 bits per heavy atom. The lowest BCUT2D eigenvalue weighted by Gasteiger charge is -2.18. The molecule has 0 aromatic rings. The van der Waals surface area contributed by atoms with Crippen molar-refractivity contribution in [2.24, 2.45) is 0 Å². The highest BCUT2D eigenvalue weighted by atomic mass is 16.6. The van der Waals surface area contributed by atoms with E-state index < -0.39 is 6.29 Å². The van der Waals surface area contributed by atoms with Crippen molar-refractivity contribution in [2.75, 3.05) is 6.61 Å². The van der Waals surface area contributed by atoms with Gasteiger partial charge in [0.2, 0.25) is 0 Å². The number of ether oxygens (including phenoxy) is 2. The van der Waals surface area contributed by atoms with Crippen LogP contribution in [0.5, 0.6) is 0 Å². The number of unbranched alkanes of at least 4 members (excludes halogenated alkanes) is 17. The lowest BCUT2D eigenvalue weighted by molar-refractivity contribution is -0.165. The zero-order valence-electron chi connectivity index (χ0n) is 21.9. The Bertz CT molecular complexity index is 386. The maximum Gasteiger partial charge on any atom is 0.305 e. The van der Waals surface area contributed by atoms with Gasteiger partial charge in [0.1, 0.15) is 6.61 Å². The summed E-state index contributed by atoms with van der Waals surface area (Å²) in [5.41, 5.74) is 0. The highest BCUT2D eigenvalue weighted by Gasteiger charge is 2.12. The Morgan fingerprint density at radius 1 is 0.656 bits per heavy atom. The number of hydrogen-bond donors (Lipinski definition) is 1. The molecule has 0 bridgehead atoms. The first-order chi connectivity index (χ1) is 15.6. The third kappa shape index (κ3) is 24.0. The van der Waals surface area contributed by atoms with Crippen molar-refractivity contribution in [2.45, 2.75) is 168 Å². The molecule has 0 aliphatic heterocycles. The van der Waals surface area contributed by atoms with Gasteiger partial charge < -0.3 is 14.6 Å². The molecule has 192 valence electrons. The maximum absolute atomic E-state index is 11.9. The van der Waals surface area contributed by atoms with Crippen molar-refractivity contribution in [1.82, 2.24) is 0 Å². The van der Waals surface area contributed by atoms with E-state index in [0.29, 0.717) is 12.8 Å². The molecule has 4 heteroatoms. The smallest absolute Gasteiger partial charge is 0.305 e. The zero-order valence-corrected chi connectivity index (χ0v) is 21.9. The van der Waals surface area contributed by atoms with Crippen LogP contribution in [-0.4, -0.2) is 30.1 Å². The number of rotatable bonds is 25. The van der Waals surface area contributed by atoms with E-state index in [2.05, 4.69) is 13.8 Å². The minimum atomic E-state index is -0.755. The van der Waals surface area contributed by atoms with Gasteiger partial charge in [-0.1, -0.05) is 123 Å². The van der Waals surface area contributed by atoms with Crippen LogP contribution in [0.15, 0.2) is 0 Å². The third-order valence-electron chi connectivity index (χ3n) is 6.16. The van der Waals surface area contributed by atoms with Gasteiger partial charge in [0.05, 0.1) is 6.10 Å². The van der Waals surface area contributed by atoms with Crippen LogP contribution >= 0.6 is 0 Å². The molecule has 1 unspecified atom stereocenters. The number of hydrogen-bond acceptors (Lipinski definition) is 4. The lowest BCUT2D eigenvalue weighted by Crippen LogP contribution is -2.25. The Kier molecular flexibility index (Phi) is 24.5. The number of esters is 1. The summed E-state index contributed by atoms with van der Waals surface area (Å²) in [6.07, 6.45) is 24.1. The molecule has 0 rings (SSSR count). The Morgan fingerprint density at radius 3 is 1.53 bits per heavy atom. The van der Waals surface area contributed by atoms with Gasteiger partial charge in [0.15, 0.2) is 6.29 Å². The molecule has 0 saturated heterocycles. The molecule has 4 nitrogen and oxygen atoms in total. The van der Waals surface area contributed by atoms with Crippen LogP contribution in [-0.2, 0) is 14.3 Å². The molecule has 32 heavy (non-hydrogen) atoms. The van der Waals surface area contributed by atoms with Gasteiger partial charge in [-0.05, 0) is 26.2 Å².